The topological polar surface area (TPSA) is 53.3 Å². The average Bonchev–Trinajstić information content (AvgIpc) is 3.43. The molecule has 2 rings (SSSR count). The number of halogens is 1. The monoisotopic (exact) mass is 344 g/mol. The highest BCUT2D eigenvalue weighted by molar-refractivity contribution is 6.40. The molecule has 0 bridgehead atoms. The Kier molecular flexibility index (Phi) is 6.63. The summed E-state index contributed by atoms with van der Waals surface area (Å²) >= 11 is 0. The number of aliphatic imine (C=N–C) groups is 1. The fourth-order valence-electron chi connectivity index (χ4n) is 3.56. The Morgan fingerprint density at radius 2 is 2.04 bits per heavy atom. The maximum Gasteiger partial charge on any atom is 0.180 e. The van der Waals surface area contributed by atoms with Crippen molar-refractivity contribution in [3.8, 4) is 0 Å². The molecule has 1 aliphatic carbocycles. The second kappa shape index (κ2) is 8.50. The molecular formula is C21H29FN2O. The van der Waals surface area contributed by atoms with E-state index in [9.17, 15) is 9.18 Å². The molecule has 136 valence electrons. The van der Waals surface area contributed by atoms with Crippen LogP contribution in [0.15, 0.2) is 23.2 Å². The summed E-state index contributed by atoms with van der Waals surface area (Å²) in [5, 5.41) is 7.42. The van der Waals surface area contributed by atoms with Crippen LogP contribution in [0.5, 0.6) is 0 Å². The van der Waals surface area contributed by atoms with Crippen LogP contribution in [0.25, 0.3) is 0 Å². The number of benzene rings is 1. The molecule has 0 saturated heterocycles. The van der Waals surface area contributed by atoms with Crippen molar-refractivity contribution in [3.63, 3.8) is 0 Å². The minimum absolute atomic E-state index is 0.103. The molecule has 1 N–H and O–H groups in total. The number of nitrogens with zero attached hydrogens (tertiary/aromatic N) is 1. The predicted molar refractivity (Wildman–Crippen MR) is 102 cm³/mol. The van der Waals surface area contributed by atoms with Crippen molar-refractivity contribution in [3.05, 3.63) is 29.6 Å². The zero-order chi connectivity index (χ0) is 18.6. The quantitative estimate of drug-likeness (QED) is 0.574. The van der Waals surface area contributed by atoms with Gasteiger partial charge in [-0.05, 0) is 68.4 Å². The van der Waals surface area contributed by atoms with E-state index in [0.29, 0.717) is 17.5 Å². The van der Waals surface area contributed by atoms with E-state index in [1.165, 1.54) is 19.1 Å². The van der Waals surface area contributed by atoms with Gasteiger partial charge < -0.3 is 5.41 Å². The summed E-state index contributed by atoms with van der Waals surface area (Å²) in [5.74, 6) is 0.212. The van der Waals surface area contributed by atoms with Gasteiger partial charge in [-0.25, -0.2) is 9.38 Å². The predicted octanol–water partition coefficient (Wildman–Crippen LogP) is 5.70. The van der Waals surface area contributed by atoms with Gasteiger partial charge >= 0.3 is 0 Å². The minimum atomic E-state index is -0.365. The molecular weight excluding hydrogens is 315 g/mol. The highest BCUT2D eigenvalue weighted by Gasteiger charge is 2.31. The van der Waals surface area contributed by atoms with E-state index in [0.717, 1.165) is 18.4 Å². The Morgan fingerprint density at radius 3 is 2.52 bits per heavy atom. The van der Waals surface area contributed by atoms with Gasteiger partial charge in [0.1, 0.15) is 5.82 Å². The van der Waals surface area contributed by atoms with Gasteiger partial charge in [-0.3, -0.25) is 4.79 Å². The molecule has 1 aromatic carbocycles. The van der Waals surface area contributed by atoms with Crippen molar-refractivity contribution < 1.29 is 9.18 Å². The Bertz CT molecular complexity index is 664. The van der Waals surface area contributed by atoms with Crippen molar-refractivity contribution >= 4 is 23.4 Å². The summed E-state index contributed by atoms with van der Waals surface area (Å²) in [6, 6.07) is 5.21. The molecule has 1 aliphatic rings. The average molecular weight is 344 g/mol. The minimum Gasteiger partial charge on any atom is -0.313 e. The number of hydrogen-bond acceptors (Lipinski definition) is 3. The van der Waals surface area contributed by atoms with Crippen LogP contribution in [0.4, 0.5) is 10.1 Å². The summed E-state index contributed by atoms with van der Waals surface area (Å²) in [7, 11) is 0. The normalized spacial score (nSPS) is 18.5. The molecule has 1 aromatic rings. The molecule has 0 spiro atoms. The third-order valence-corrected chi connectivity index (χ3v) is 5.42. The lowest BCUT2D eigenvalue weighted by molar-refractivity contribution is -0.116. The third kappa shape index (κ3) is 4.62. The molecule has 0 aliphatic heterocycles. The van der Waals surface area contributed by atoms with Gasteiger partial charge in [-0.15, -0.1) is 0 Å². The molecule has 4 heteroatoms. The number of carbonyl (C=O) groups is 1. The zero-order valence-electron chi connectivity index (χ0n) is 15.7. The lowest BCUT2D eigenvalue weighted by Gasteiger charge is -2.17. The van der Waals surface area contributed by atoms with E-state index in [1.54, 1.807) is 19.1 Å². The Morgan fingerprint density at radius 1 is 1.36 bits per heavy atom. The highest BCUT2D eigenvalue weighted by Crippen LogP contribution is 2.44. The summed E-state index contributed by atoms with van der Waals surface area (Å²) in [6.45, 7) is 7.53. The van der Waals surface area contributed by atoms with E-state index < -0.39 is 0 Å². The number of nitrogens with one attached hydrogen (secondary N) is 1. The van der Waals surface area contributed by atoms with Gasteiger partial charge in [0.2, 0.25) is 0 Å². The molecule has 1 saturated carbocycles. The molecule has 3 nitrogen and oxygen atoms in total. The van der Waals surface area contributed by atoms with E-state index in [2.05, 4.69) is 11.9 Å². The van der Waals surface area contributed by atoms with Gasteiger partial charge in [0.15, 0.2) is 5.78 Å². The molecule has 0 heterocycles. The van der Waals surface area contributed by atoms with Crippen LogP contribution < -0.4 is 0 Å². The maximum absolute atomic E-state index is 14.5. The number of Topliss-reactive ketones (excluding diaryl/α,β-unsaturated/α-hetero) is 1. The Labute approximate surface area is 150 Å². The first kappa shape index (κ1) is 19.5. The van der Waals surface area contributed by atoms with Crippen molar-refractivity contribution in [2.45, 2.75) is 59.3 Å². The summed E-state index contributed by atoms with van der Waals surface area (Å²) in [6.07, 6.45) is 5.53. The van der Waals surface area contributed by atoms with Crippen LogP contribution in [0.3, 0.4) is 0 Å². The van der Waals surface area contributed by atoms with Gasteiger partial charge in [0, 0.05) is 11.8 Å². The van der Waals surface area contributed by atoms with E-state index in [-0.39, 0.29) is 29.1 Å². The standard InChI is InChI=1S/C21H29FN2O/c1-5-15(12-23)13(3)21(25)14(4)24-20-10-9-17(11-19(20)22)18(6-2)16-7-8-16/h9-13,15-16,18,23H,5-8H2,1-4H3. The van der Waals surface area contributed by atoms with E-state index >= 15 is 0 Å². The fraction of sp³-hybridized carbons (Fsp3) is 0.571. The van der Waals surface area contributed by atoms with Crippen LogP contribution >= 0.6 is 0 Å². The smallest absolute Gasteiger partial charge is 0.180 e. The second-order valence-corrected chi connectivity index (χ2v) is 7.15. The van der Waals surface area contributed by atoms with Crippen LogP contribution in [0.2, 0.25) is 0 Å². The van der Waals surface area contributed by atoms with Gasteiger partial charge in [-0.2, -0.15) is 0 Å². The lowest BCUT2D eigenvalue weighted by atomic mass is 9.87. The van der Waals surface area contributed by atoms with Gasteiger partial charge in [0.25, 0.3) is 0 Å². The third-order valence-electron chi connectivity index (χ3n) is 5.42. The summed E-state index contributed by atoms with van der Waals surface area (Å²) < 4.78 is 14.5. The first-order chi connectivity index (χ1) is 11.9. The van der Waals surface area contributed by atoms with Crippen LogP contribution in [0, 0.1) is 29.0 Å². The number of hydrogen-bond donors (Lipinski definition) is 1. The van der Waals surface area contributed by atoms with Crippen molar-refractivity contribution in [2.24, 2.45) is 22.7 Å². The van der Waals surface area contributed by atoms with E-state index in [4.69, 9.17) is 5.41 Å². The van der Waals surface area contributed by atoms with Crippen LogP contribution in [-0.4, -0.2) is 17.7 Å². The molecule has 0 aromatic heterocycles. The van der Waals surface area contributed by atoms with Gasteiger partial charge in [-0.1, -0.05) is 26.8 Å². The fourth-order valence-corrected chi connectivity index (χ4v) is 3.56. The van der Waals surface area contributed by atoms with Crippen LogP contribution in [0.1, 0.15) is 64.9 Å². The summed E-state index contributed by atoms with van der Waals surface area (Å²) in [4.78, 5) is 16.7. The van der Waals surface area contributed by atoms with Crippen LogP contribution in [-0.2, 0) is 4.79 Å². The summed E-state index contributed by atoms with van der Waals surface area (Å²) in [5.41, 5.74) is 1.55. The first-order valence-corrected chi connectivity index (χ1v) is 9.32. The zero-order valence-corrected chi connectivity index (χ0v) is 15.7. The molecule has 0 amide bonds. The number of rotatable bonds is 9. The largest absolute Gasteiger partial charge is 0.313 e. The molecule has 0 radical (unpaired) electrons. The molecule has 3 atom stereocenters. The molecule has 3 unspecified atom stereocenters. The van der Waals surface area contributed by atoms with E-state index in [1.807, 2.05) is 19.9 Å². The lowest BCUT2D eigenvalue weighted by Crippen LogP contribution is -2.26. The second-order valence-electron chi connectivity index (χ2n) is 7.15. The van der Waals surface area contributed by atoms with Crippen molar-refractivity contribution in [1.82, 2.24) is 0 Å². The Balaban J connectivity index is 2.19. The molecule has 1 fully saturated rings. The maximum atomic E-state index is 14.5. The van der Waals surface area contributed by atoms with Gasteiger partial charge in [0.05, 0.1) is 11.4 Å². The SMILES string of the molecule is CCC(C=N)C(C)C(=O)C(C)=Nc1ccc(C(CC)C2CC2)cc1F. The van der Waals surface area contributed by atoms with Crippen molar-refractivity contribution in [1.29, 1.82) is 5.41 Å². The highest BCUT2D eigenvalue weighted by atomic mass is 19.1. The first-order valence-electron chi connectivity index (χ1n) is 9.32. The Hall–Kier alpha value is -1.84. The molecule has 25 heavy (non-hydrogen) atoms. The number of ketones is 1. The number of carbonyl (C=O) groups excluding carboxylic acids is 1. The van der Waals surface area contributed by atoms with Crippen molar-refractivity contribution in [2.75, 3.05) is 0 Å².